The Kier molecular flexibility index (Phi) is 5.09. The second kappa shape index (κ2) is 7.02. The molecule has 0 atom stereocenters. The van der Waals surface area contributed by atoms with Gasteiger partial charge in [0.05, 0.1) is 0 Å². The summed E-state index contributed by atoms with van der Waals surface area (Å²) in [5.74, 6) is 1.28. The van der Waals surface area contributed by atoms with Crippen LogP contribution < -0.4 is 4.90 Å². The van der Waals surface area contributed by atoms with E-state index in [2.05, 4.69) is 11.6 Å². The van der Waals surface area contributed by atoms with Gasteiger partial charge in [-0.15, -0.1) is 0 Å². The summed E-state index contributed by atoms with van der Waals surface area (Å²) < 4.78 is 0. The Hall–Kier alpha value is -2.16. The van der Waals surface area contributed by atoms with Crippen molar-refractivity contribution in [3.63, 3.8) is 0 Å². The average molecular weight is 282 g/mol. The van der Waals surface area contributed by atoms with Crippen LogP contribution in [0.1, 0.15) is 25.3 Å². The van der Waals surface area contributed by atoms with Crippen LogP contribution in [-0.4, -0.2) is 17.4 Å². The molecular weight excluding hydrogens is 260 g/mol. The molecule has 3 heteroatoms. The molecule has 1 saturated carbocycles. The van der Waals surface area contributed by atoms with Gasteiger partial charge in [0.1, 0.15) is 5.82 Å². The highest BCUT2D eigenvalue weighted by molar-refractivity contribution is 6.07. The van der Waals surface area contributed by atoms with E-state index in [0.29, 0.717) is 17.3 Å². The number of carbonyl (C=O) groups excluding carboxylic acids is 1. The van der Waals surface area contributed by atoms with E-state index >= 15 is 0 Å². The molecule has 1 aromatic rings. The standard InChI is InChI=1S/C18H22N2O/c1-4-6-7-16(5-2)18(21)20(13-15-9-10-15)17-11-8-14(3)12-19-17/h4-8,11-12,15H,2,9-10,13H2,1,3H3/b6-4-,16-7+. The maximum atomic E-state index is 12.7. The highest BCUT2D eigenvalue weighted by atomic mass is 16.2. The lowest BCUT2D eigenvalue weighted by Gasteiger charge is -2.22. The summed E-state index contributed by atoms with van der Waals surface area (Å²) in [7, 11) is 0. The van der Waals surface area contributed by atoms with E-state index in [9.17, 15) is 4.79 Å². The van der Waals surface area contributed by atoms with E-state index in [1.807, 2.05) is 38.1 Å². The molecule has 0 aromatic carbocycles. The van der Waals surface area contributed by atoms with Crippen LogP contribution >= 0.6 is 0 Å². The molecule has 1 aromatic heterocycles. The molecular formula is C18H22N2O. The Balaban J connectivity index is 2.27. The largest absolute Gasteiger partial charge is 0.292 e. The lowest BCUT2D eigenvalue weighted by Crippen LogP contribution is -2.34. The van der Waals surface area contributed by atoms with Gasteiger partial charge in [-0.3, -0.25) is 9.69 Å². The lowest BCUT2D eigenvalue weighted by atomic mass is 10.2. The van der Waals surface area contributed by atoms with Crippen LogP contribution in [0.5, 0.6) is 0 Å². The Labute approximate surface area is 126 Å². The van der Waals surface area contributed by atoms with E-state index in [1.165, 1.54) is 12.8 Å². The van der Waals surface area contributed by atoms with E-state index < -0.39 is 0 Å². The molecule has 110 valence electrons. The molecule has 0 unspecified atom stereocenters. The molecule has 1 amide bonds. The zero-order valence-corrected chi connectivity index (χ0v) is 12.7. The summed E-state index contributed by atoms with van der Waals surface area (Å²) in [5, 5.41) is 0. The van der Waals surface area contributed by atoms with Crippen molar-refractivity contribution in [3.05, 3.63) is 60.3 Å². The summed E-state index contributed by atoms with van der Waals surface area (Å²) in [5.41, 5.74) is 1.68. The summed E-state index contributed by atoms with van der Waals surface area (Å²) >= 11 is 0. The average Bonchev–Trinajstić information content (AvgIpc) is 3.30. The number of allylic oxidation sites excluding steroid dienone is 3. The first kappa shape index (κ1) is 15.2. The monoisotopic (exact) mass is 282 g/mol. The van der Waals surface area contributed by atoms with Gasteiger partial charge in [-0.05, 0) is 50.3 Å². The molecule has 3 nitrogen and oxygen atoms in total. The molecule has 0 bridgehead atoms. The Morgan fingerprint density at radius 3 is 2.76 bits per heavy atom. The minimum Gasteiger partial charge on any atom is -0.292 e. The normalized spacial score (nSPS) is 15.2. The fourth-order valence-corrected chi connectivity index (χ4v) is 2.04. The van der Waals surface area contributed by atoms with Gasteiger partial charge in [0.25, 0.3) is 5.91 Å². The first-order valence-corrected chi connectivity index (χ1v) is 7.35. The molecule has 21 heavy (non-hydrogen) atoms. The number of hydrogen-bond acceptors (Lipinski definition) is 2. The molecule has 0 spiro atoms. The first-order chi connectivity index (χ1) is 10.2. The molecule has 1 aliphatic rings. The maximum absolute atomic E-state index is 12.7. The minimum absolute atomic E-state index is 0.0358. The first-order valence-electron chi connectivity index (χ1n) is 7.35. The van der Waals surface area contributed by atoms with Gasteiger partial charge in [-0.1, -0.05) is 30.9 Å². The highest BCUT2D eigenvalue weighted by Gasteiger charge is 2.29. The third-order valence-corrected chi connectivity index (χ3v) is 3.49. The van der Waals surface area contributed by atoms with Crippen LogP contribution in [0.3, 0.4) is 0 Å². The number of amides is 1. The number of carbonyl (C=O) groups is 1. The summed E-state index contributed by atoms with van der Waals surface area (Å²) in [6.07, 6.45) is 11.3. The molecule has 0 N–H and O–H groups in total. The van der Waals surface area contributed by atoms with Crippen LogP contribution in [0.4, 0.5) is 5.82 Å². The fourth-order valence-electron chi connectivity index (χ4n) is 2.04. The highest BCUT2D eigenvalue weighted by Crippen LogP contribution is 2.31. The molecule has 0 radical (unpaired) electrons. The van der Waals surface area contributed by atoms with Crippen molar-refractivity contribution in [2.45, 2.75) is 26.7 Å². The van der Waals surface area contributed by atoms with Gasteiger partial charge in [0.15, 0.2) is 0 Å². The van der Waals surface area contributed by atoms with Crippen LogP contribution in [0, 0.1) is 12.8 Å². The van der Waals surface area contributed by atoms with Crippen molar-refractivity contribution in [1.29, 1.82) is 0 Å². The van der Waals surface area contributed by atoms with E-state index in [-0.39, 0.29) is 5.91 Å². The van der Waals surface area contributed by atoms with E-state index in [4.69, 9.17) is 0 Å². The third kappa shape index (κ3) is 4.15. The molecule has 2 rings (SSSR count). The van der Waals surface area contributed by atoms with E-state index in [0.717, 1.165) is 12.1 Å². The Bertz CT molecular complexity index is 565. The van der Waals surface area contributed by atoms with Crippen LogP contribution in [0.2, 0.25) is 0 Å². The summed E-state index contributed by atoms with van der Waals surface area (Å²) in [4.78, 5) is 18.9. The fraction of sp³-hybridized carbons (Fsp3) is 0.333. The summed E-state index contributed by atoms with van der Waals surface area (Å²) in [6, 6.07) is 3.89. The van der Waals surface area contributed by atoms with Crippen LogP contribution in [0.25, 0.3) is 0 Å². The number of pyridine rings is 1. The maximum Gasteiger partial charge on any atom is 0.259 e. The van der Waals surface area contributed by atoms with Gasteiger partial charge < -0.3 is 0 Å². The second-order valence-corrected chi connectivity index (χ2v) is 5.40. The Morgan fingerprint density at radius 1 is 1.48 bits per heavy atom. The van der Waals surface area contributed by atoms with Crippen molar-refractivity contribution >= 4 is 11.7 Å². The minimum atomic E-state index is -0.0358. The molecule has 0 aliphatic heterocycles. The smallest absolute Gasteiger partial charge is 0.259 e. The zero-order valence-electron chi connectivity index (χ0n) is 12.7. The molecule has 1 aliphatic carbocycles. The van der Waals surface area contributed by atoms with Crippen LogP contribution in [-0.2, 0) is 4.79 Å². The quantitative estimate of drug-likeness (QED) is 0.587. The SMILES string of the molecule is C=C/C(=C\C=C/C)C(=O)N(CC1CC1)c1ccc(C)cn1. The third-order valence-electron chi connectivity index (χ3n) is 3.49. The van der Waals surface area contributed by atoms with Crippen LogP contribution in [0.15, 0.2) is 54.8 Å². The Morgan fingerprint density at radius 2 is 2.24 bits per heavy atom. The number of hydrogen-bond donors (Lipinski definition) is 0. The predicted octanol–water partition coefficient (Wildman–Crippen LogP) is 3.82. The van der Waals surface area contributed by atoms with Crippen molar-refractivity contribution < 1.29 is 4.79 Å². The topological polar surface area (TPSA) is 33.2 Å². The molecule has 1 fully saturated rings. The number of aromatic nitrogens is 1. The van der Waals surface area contributed by atoms with Gasteiger partial charge in [0.2, 0.25) is 0 Å². The van der Waals surface area contributed by atoms with Crippen molar-refractivity contribution in [2.24, 2.45) is 5.92 Å². The summed E-state index contributed by atoms with van der Waals surface area (Å²) in [6.45, 7) is 8.39. The predicted molar refractivity (Wildman–Crippen MR) is 87.1 cm³/mol. The van der Waals surface area contributed by atoms with Gasteiger partial charge in [-0.25, -0.2) is 4.98 Å². The molecule has 0 saturated heterocycles. The number of aryl methyl sites for hydroxylation is 1. The number of anilines is 1. The number of nitrogens with zero attached hydrogens (tertiary/aromatic N) is 2. The van der Waals surface area contributed by atoms with Gasteiger partial charge in [-0.2, -0.15) is 0 Å². The molecule has 1 heterocycles. The zero-order chi connectivity index (χ0) is 15.2. The second-order valence-electron chi connectivity index (χ2n) is 5.40. The number of rotatable bonds is 6. The lowest BCUT2D eigenvalue weighted by molar-refractivity contribution is -0.114. The van der Waals surface area contributed by atoms with Crippen molar-refractivity contribution in [1.82, 2.24) is 4.98 Å². The van der Waals surface area contributed by atoms with E-state index in [1.54, 1.807) is 23.2 Å². The van der Waals surface area contributed by atoms with Crippen molar-refractivity contribution in [2.75, 3.05) is 11.4 Å². The van der Waals surface area contributed by atoms with Gasteiger partial charge in [0, 0.05) is 18.3 Å². The van der Waals surface area contributed by atoms with Crippen molar-refractivity contribution in [3.8, 4) is 0 Å². The van der Waals surface area contributed by atoms with Gasteiger partial charge >= 0.3 is 0 Å².